The fraction of sp³-hybridized carbons (Fsp3) is 0.429. The standard InChI is InChI=1S/C14H21N3O2/c1-9(2)12(15)13(18)16-11-7-5-10(6-8-11)14(19)17(3)4/h5-9,12H,15H2,1-4H3,(H,16,18)/t12-/m1/s1. The normalized spacial score (nSPS) is 12.1. The van der Waals surface area contributed by atoms with Gasteiger partial charge in [0, 0.05) is 25.3 Å². The van der Waals surface area contributed by atoms with Crippen molar-refractivity contribution in [3.63, 3.8) is 0 Å². The van der Waals surface area contributed by atoms with Crippen LogP contribution in [0.15, 0.2) is 24.3 Å². The Kier molecular flexibility index (Phi) is 5.06. The number of hydrogen-bond acceptors (Lipinski definition) is 3. The molecule has 2 amide bonds. The average molecular weight is 263 g/mol. The van der Waals surface area contributed by atoms with Gasteiger partial charge in [0.05, 0.1) is 6.04 Å². The first-order chi connectivity index (χ1) is 8.82. The molecule has 5 nitrogen and oxygen atoms in total. The minimum atomic E-state index is -0.539. The van der Waals surface area contributed by atoms with Gasteiger partial charge in [0.1, 0.15) is 0 Å². The number of rotatable bonds is 4. The molecule has 1 rings (SSSR count). The monoisotopic (exact) mass is 263 g/mol. The van der Waals surface area contributed by atoms with Gasteiger partial charge in [0.25, 0.3) is 5.91 Å². The molecule has 0 unspecified atom stereocenters. The van der Waals surface area contributed by atoms with E-state index < -0.39 is 6.04 Å². The van der Waals surface area contributed by atoms with Crippen molar-refractivity contribution >= 4 is 17.5 Å². The number of nitrogens with zero attached hydrogens (tertiary/aromatic N) is 1. The first-order valence-electron chi connectivity index (χ1n) is 6.21. The van der Waals surface area contributed by atoms with E-state index in [1.165, 1.54) is 4.90 Å². The molecule has 0 saturated carbocycles. The van der Waals surface area contributed by atoms with Crippen molar-refractivity contribution in [1.82, 2.24) is 4.90 Å². The van der Waals surface area contributed by atoms with E-state index in [4.69, 9.17) is 5.73 Å². The van der Waals surface area contributed by atoms with Gasteiger partial charge >= 0.3 is 0 Å². The molecular weight excluding hydrogens is 242 g/mol. The predicted molar refractivity (Wildman–Crippen MR) is 75.9 cm³/mol. The second kappa shape index (κ2) is 6.33. The largest absolute Gasteiger partial charge is 0.345 e. The van der Waals surface area contributed by atoms with Crippen LogP contribution in [0, 0.1) is 5.92 Å². The Morgan fingerprint density at radius 1 is 1.16 bits per heavy atom. The van der Waals surface area contributed by atoms with Gasteiger partial charge in [-0.05, 0) is 30.2 Å². The molecule has 0 heterocycles. The number of carbonyl (C=O) groups excluding carboxylic acids is 2. The Morgan fingerprint density at radius 2 is 1.68 bits per heavy atom. The van der Waals surface area contributed by atoms with Crippen LogP contribution in [-0.2, 0) is 4.79 Å². The van der Waals surface area contributed by atoms with Crippen LogP contribution in [0.5, 0.6) is 0 Å². The van der Waals surface area contributed by atoms with Crippen LogP contribution in [0.4, 0.5) is 5.69 Å². The second-order valence-electron chi connectivity index (χ2n) is 5.04. The highest BCUT2D eigenvalue weighted by molar-refractivity contribution is 5.97. The first kappa shape index (κ1) is 15.2. The third-order valence-electron chi connectivity index (χ3n) is 2.83. The molecule has 0 aliphatic rings. The lowest BCUT2D eigenvalue weighted by Crippen LogP contribution is -2.39. The lowest BCUT2D eigenvalue weighted by Gasteiger charge is -2.15. The molecule has 5 heteroatoms. The smallest absolute Gasteiger partial charge is 0.253 e. The number of anilines is 1. The molecule has 0 bridgehead atoms. The fourth-order valence-electron chi connectivity index (χ4n) is 1.48. The summed E-state index contributed by atoms with van der Waals surface area (Å²) in [5.74, 6) is -0.215. The fourth-order valence-corrected chi connectivity index (χ4v) is 1.48. The summed E-state index contributed by atoms with van der Waals surface area (Å²) in [6, 6.07) is 6.21. The zero-order valence-corrected chi connectivity index (χ0v) is 11.8. The molecular formula is C14H21N3O2. The summed E-state index contributed by atoms with van der Waals surface area (Å²) in [6.07, 6.45) is 0. The third-order valence-corrected chi connectivity index (χ3v) is 2.83. The van der Waals surface area contributed by atoms with Crippen LogP contribution in [0.1, 0.15) is 24.2 Å². The van der Waals surface area contributed by atoms with Crippen LogP contribution in [-0.4, -0.2) is 36.9 Å². The maximum atomic E-state index is 11.8. The van der Waals surface area contributed by atoms with Gasteiger partial charge < -0.3 is 16.0 Å². The zero-order valence-electron chi connectivity index (χ0n) is 11.8. The molecule has 1 aromatic rings. The number of benzene rings is 1. The summed E-state index contributed by atoms with van der Waals surface area (Å²) in [5, 5.41) is 2.73. The Labute approximate surface area is 113 Å². The van der Waals surface area contributed by atoms with E-state index in [2.05, 4.69) is 5.32 Å². The van der Waals surface area contributed by atoms with E-state index in [9.17, 15) is 9.59 Å². The Bertz CT molecular complexity index is 452. The maximum absolute atomic E-state index is 11.8. The molecule has 0 fully saturated rings. The summed E-state index contributed by atoms with van der Waals surface area (Å²) in [4.78, 5) is 25.0. The molecule has 0 radical (unpaired) electrons. The zero-order chi connectivity index (χ0) is 14.6. The van der Waals surface area contributed by atoms with Crippen molar-refractivity contribution in [1.29, 1.82) is 0 Å². The number of nitrogens with two attached hydrogens (primary N) is 1. The average Bonchev–Trinajstić information content (AvgIpc) is 2.37. The van der Waals surface area contributed by atoms with Crippen LogP contribution >= 0.6 is 0 Å². The highest BCUT2D eigenvalue weighted by atomic mass is 16.2. The molecule has 104 valence electrons. The van der Waals surface area contributed by atoms with E-state index in [1.54, 1.807) is 38.4 Å². The van der Waals surface area contributed by atoms with Crippen molar-refractivity contribution in [3.05, 3.63) is 29.8 Å². The van der Waals surface area contributed by atoms with E-state index in [-0.39, 0.29) is 17.7 Å². The summed E-state index contributed by atoms with van der Waals surface area (Å²) >= 11 is 0. The first-order valence-corrected chi connectivity index (χ1v) is 6.21. The molecule has 0 aliphatic carbocycles. The van der Waals surface area contributed by atoms with Crippen molar-refractivity contribution in [2.75, 3.05) is 19.4 Å². The van der Waals surface area contributed by atoms with Gasteiger partial charge in [0.15, 0.2) is 0 Å². The quantitative estimate of drug-likeness (QED) is 0.860. The highest BCUT2D eigenvalue weighted by Gasteiger charge is 2.17. The van der Waals surface area contributed by atoms with Gasteiger partial charge in [-0.1, -0.05) is 13.8 Å². The van der Waals surface area contributed by atoms with E-state index in [0.29, 0.717) is 11.3 Å². The van der Waals surface area contributed by atoms with Gasteiger partial charge in [-0.15, -0.1) is 0 Å². The summed E-state index contributed by atoms with van der Waals surface area (Å²) in [7, 11) is 3.39. The Balaban J connectivity index is 2.72. The molecule has 0 saturated heterocycles. The predicted octanol–water partition coefficient (Wildman–Crippen LogP) is 1.31. The lowest BCUT2D eigenvalue weighted by molar-refractivity contribution is -0.118. The number of hydrogen-bond donors (Lipinski definition) is 2. The van der Waals surface area contributed by atoms with Crippen molar-refractivity contribution in [2.24, 2.45) is 11.7 Å². The summed E-state index contributed by atoms with van der Waals surface area (Å²) in [6.45, 7) is 3.78. The minimum absolute atomic E-state index is 0.0724. The molecule has 1 aromatic carbocycles. The van der Waals surface area contributed by atoms with E-state index in [0.717, 1.165) is 0 Å². The molecule has 0 spiro atoms. The molecule has 1 atom stereocenters. The van der Waals surface area contributed by atoms with Crippen LogP contribution in [0.3, 0.4) is 0 Å². The third kappa shape index (κ3) is 4.06. The molecule has 0 aromatic heterocycles. The Hall–Kier alpha value is -1.88. The Morgan fingerprint density at radius 3 is 2.11 bits per heavy atom. The molecule has 19 heavy (non-hydrogen) atoms. The second-order valence-corrected chi connectivity index (χ2v) is 5.04. The maximum Gasteiger partial charge on any atom is 0.253 e. The van der Waals surface area contributed by atoms with Crippen molar-refractivity contribution in [2.45, 2.75) is 19.9 Å². The van der Waals surface area contributed by atoms with Crippen molar-refractivity contribution < 1.29 is 9.59 Å². The van der Waals surface area contributed by atoms with E-state index >= 15 is 0 Å². The van der Waals surface area contributed by atoms with Gasteiger partial charge in [-0.3, -0.25) is 9.59 Å². The van der Waals surface area contributed by atoms with Gasteiger partial charge in [-0.25, -0.2) is 0 Å². The topological polar surface area (TPSA) is 75.4 Å². The van der Waals surface area contributed by atoms with Crippen LogP contribution in [0.25, 0.3) is 0 Å². The van der Waals surface area contributed by atoms with E-state index in [1.807, 2.05) is 13.8 Å². The SMILES string of the molecule is CC(C)[C@@H](N)C(=O)Nc1ccc(C(=O)N(C)C)cc1. The minimum Gasteiger partial charge on any atom is -0.345 e. The molecule has 0 aliphatic heterocycles. The number of nitrogens with one attached hydrogen (secondary N) is 1. The summed E-state index contributed by atoms with van der Waals surface area (Å²) in [5.41, 5.74) is 6.97. The highest BCUT2D eigenvalue weighted by Crippen LogP contribution is 2.12. The van der Waals surface area contributed by atoms with Gasteiger partial charge in [-0.2, -0.15) is 0 Å². The van der Waals surface area contributed by atoms with Crippen LogP contribution < -0.4 is 11.1 Å². The molecule has 3 N–H and O–H groups in total. The number of carbonyl (C=O) groups is 2. The van der Waals surface area contributed by atoms with Crippen LogP contribution in [0.2, 0.25) is 0 Å². The van der Waals surface area contributed by atoms with Gasteiger partial charge in [0.2, 0.25) is 5.91 Å². The lowest BCUT2D eigenvalue weighted by atomic mass is 10.0. The van der Waals surface area contributed by atoms with Crippen molar-refractivity contribution in [3.8, 4) is 0 Å². The summed E-state index contributed by atoms with van der Waals surface area (Å²) < 4.78 is 0. The number of amides is 2.